The first kappa shape index (κ1) is 17.5. The molecular weight excluding hydrogens is 290 g/mol. The van der Waals surface area contributed by atoms with Crippen molar-refractivity contribution in [2.24, 2.45) is 10.9 Å². The van der Waals surface area contributed by atoms with Crippen molar-refractivity contribution in [2.45, 2.75) is 33.4 Å². The van der Waals surface area contributed by atoms with Gasteiger partial charge in [-0.2, -0.15) is 0 Å². The molecule has 1 fully saturated rings. The van der Waals surface area contributed by atoms with Crippen LogP contribution in [0.1, 0.15) is 26.3 Å². The quantitative estimate of drug-likeness (QED) is 0.638. The number of nitrogens with zero attached hydrogens (tertiary/aromatic N) is 3. The van der Waals surface area contributed by atoms with Gasteiger partial charge in [-0.25, -0.2) is 4.98 Å². The van der Waals surface area contributed by atoms with Crippen LogP contribution in [-0.4, -0.2) is 50.3 Å². The lowest BCUT2D eigenvalue weighted by atomic mass is 10.2. The fourth-order valence-electron chi connectivity index (χ4n) is 2.44. The fourth-order valence-corrected chi connectivity index (χ4v) is 2.44. The van der Waals surface area contributed by atoms with E-state index in [0.29, 0.717) is 12.5 Å². The highest BCUT2D eigenvalue weighted by Crippen LogP contribution is 2.15. The average molecular weight is 319 g/mol. The van der Waals surface area contributed by atoms with Crippen LogP contribution in [0.5, 0.6) is 0 Å². The number of pyridine rings is 1. The van der Waals surface area contributed by atoms with Crippen LogP contribution in [0.3, 0.4) is 0 Å². The van der Waals surface area contributed by atoms with E-state index in [1.165, 1.54) is 0 Å². The monoisotopic (exact) mass is 319 g/mol. The van der Waals surface area contributed by atoms with Crippen LogP contribution in [0, 0.1) is 5.92 Å². The summed E-state index contributed by atoms with van der Waals surface area (Å²) in [7, 11) is 1.79. The van der Waals surface area contributed by atoms with Crippen LogP contribution < -0.4 is 15.5 Å². The molecule has 1 saturated heterocycles. The van der Waals surface area contributed by atoms with Gasteiger partial charge in [-0.1, -0.05) is 19.9 Å². The maximum absolute atomic E-state index is 5.57. The first-order valence-corrected chi connectivity index (χ1v) is 8.34. The van der Waals surface area contributed by atoms with Crippen LogP contribution in [0.4, 0.5) is 5.82 Å². The van der Waals surface area contributed by atoms with Crippen LogP contribution in [0.15, 0.2) is 23.3 Å². The van der Waals surface area contributed by atoms with Gasteiger partial charge in [0.15, 0.2) is 5.96 Å². The molecule has 1 unspecified atom stereocenters. The van der Waals surface area contributed by atoms with Gasteiger partial charge in [-0.3, -0.25) is 4.99 Å². The van der Waals surface area contributed by atoms with E-state index in [9.17, 15) is 0 Å². The molecule has 6 nitrogen and oxygen atoms in total. The summed E-state index contributed by atoms with van der Waals surface area (Å²) < 4.78 is 5.57. The predicted molar refractivity (Wildman–Crippen MR) is 94.9 cm³/mol. The molecule has 2 N–H and O–H groups in total. The molecule has 1 aliphatic rings. The number of morpholine rings is 1. The minimum absolute atomic E-state index is 0.266. The average Bonchev–Trinajstić information content (AvgIpc) is 2.55. The smallest absolute Gasteiger partial charge is 0.191 e. The molecule has 0 bridgehead atoms. The van der Waals surface area contributed by atoms with Crippen molar-refractivity contribution < 1.29 is 4.74 Å². The van der Waals surface area contributed by atoms with Crippen molar-refractivity contribution in [1.29, 1.82) is 0 Å². The maximum Gasteiger partial charge on any atom is 0.191 e. The molecule has 6 heteroatoms. The summed E-state index contributed by atoms with van der Waals surface area (Å²) in [5, 5.41) is 6.62. The minimum Gasteiger partial charge on any atom is -0.375 e. The van der Waals surface area contributed by atoms with E-state index in [1.807, 2.05) is 6.20 Å². The minimum atomic E-state index is 0.266. The van der Waals surface area contributed by atoms with Crippen LogP contribution in [-0.2, 0) is 11.3 Å². The number of hydrogen-bond acceptors (Lipinski definition) is 4. The van der Waals surface area contributed by atoms with E-state index >= 15 is 0 Å². The molecule has 0 aliphatic carbocycles. The van der Waals surface area contributed by atoms with Gasteiger partial charge in [-0.15, -0.1) is 0 Å². The highest BCUT2D eigenvalue weighted by atomic mass is 16.5. The Morgan fingerprint density at radius 2 is 2.26 bits per heavy atom. The van der Waals surface area contributed by atoms with Crippen LogP contribution in [0.25, 0.3) is 0 Å². The zero-order valence-electron chi connectivity index (χ0n) is 14.7. The lowest BCUT2D eigenvalue weighted by Crippen LogP contribution is -2.41. The van der Waals surface area contributed by atoms with Gasteiger partial charge in [-0.05, 0) is 24.5 Å². The van der Waals surface area contributed by atoms with Gasteiger partial charge >= 0.3 is 0 Å². The molecular formula is C17H29N5O. The lowest BCUT2D eigenvalue weighted by Gasteiger charge is -2.32. The second-order valence-corrected chi connectivity index (χ2v) is 6.35. The Hall–Kier alpha value is -1.82. The van der Waals surface area contributed by atoms with Gasteiger partial charge in [0.2, 0.25) is 0 Å². The van der Waals surface area contributed by atoms with E-state index in [1.54, 1.807) is 7.05 Å². The number of ether oxygens (including phenoxy) is 1. The number of nitrogens with one attached hydrogen (secondary N) is 2. The number of hydrogen-bond donors (Lipinski definition) is 2. The molecule has 1 aliphatic heterocycles. The molecule has 2 heterocycles. The molecule has 1 aromatic rings. The lowest BCUT2D eigenvalue weighted by molar-refractivity contribution is 0.0529. The highest BCUT2D eigenvalue weighted by Gasteiger charge is 2.17. The van der Waals surface area contributed by atoms with Crippen molar-refractivity contribution in [3.63, 3.8) is 0 Å². The normalized spacial score (nSPS) is 19.1. The van der Waals surface area contributed by atoms with E-state index < -0.39 is 0 Å². The standard InChI is InChI=1S/C17H29N5O/c1-13(2)9-20-17(18-4)21-11-15-5-6-16(19-10-15)22-7-8-23-14(3)12-22/h5-6,10,13-14H,7-9,11-12H2,1-4H3,(H2,18,20,21). The van der Waals surface area contributed by atoms with Crippen molar-refractivity contribution in [3.8, 4) is 0 Å². The van der Waals surface area contributed by atoms with E-state index in [-0.39, 0.29) is 6.10 Å². The van der Waals surface area contributed by atoms with Crippen molar-refractivity contribution in [3.05, 3.63) is 23.9 Å². The molecule has 1 atom stereocenters. The fraction of sp³-hybridized carbons (Fsp3) is 0.647. The predicted octanol–water partition coefficient (Wildman–Crippen LogP) is 1.63. The molecule has 23 heavy (non-hydrogen) atoms. The Bertz CT molecular complexity index is 500. The largest absolute Gasteiger partial charge is 0.375 e. The number of rotatable bonds is 5. The van der Waals surface area contributed by atoms with E-state index in [0.717, 1.165) is 43.6 Å². The molecule has 1 aromatic heterocycles. The summed E-state index contributed by atoms with van der Waals surface area (Å²) in [6, 6.07) is 4.20. The summed E-state index contributed by atoms with van der Waals surface area (Å²) in [6.45, 7) is 10.6. The van der Waals surface area contributed by atoms with Gasteiger partial charge in [0, 0.05) is 39.4 Å². The van der Waals surface area contributed by atoms with Crippen molar-refractivity contribution in [2.75, 3.05) is 38.2 Å². The Kier molecular flexibility index (Phi) is 6.65. The van der Waals surface area contributed by atoms with Crippen LogP contribution in [0.2, 0.25) is 0 Å². The molecule has 0 saturated carbocycles. The topological polar surface area (TPSA) is 61.8 Å². The molecule has 0 aromatic carbocycles. The van der Waals surface area contributed by atoms with Gasteiger partial charge in [0.05, 0.1) is 12.7 Å². The summed E-state index contributed by atoms with van der Waals surface area (Å²) in [6.07, 6.45) is 2.19. The zero-order chi connectivity index (χ0) is 16.7. The van der Waals surface area contributed by atoms with Crippen molar-refractivity contribution in [1.82, 2.24) is 15.6 Å². The Morgan fingerprint density at radius 3 is 2.87 bits per heavy atom. The van der Waals surface area contributed by atoms with E-state index in [2.05, 4.69) is 58.4 Å². The Balaban J connectivity index is 1.84. The van der Waals surface area contributed by atoms with E-state index in [4.69, 9.17) is 4.74 Å². The van der Waals surface area contributed by atoms with Gasteiger partial charge in [0.25, 0.3) is 0 Å². The first-order chi connectivity index (χ1) is 11.1. The first-order valence-electron chi connectivity index (χ1n) is 8.34. The highest BCUT2D eigenvalue weighted by molar-refractivity contribution is 5.79. The Labute approximate surface area is 139 Å². The van der Waals surface area contributed by atoms with Gasteiger partial charge in [0.1, 0.15) is 5.82 Å². The van der Waals surface area contributed by atoms with Crippen molar-refractivity contribution >= 4 is 11.8 Å². The maximum atomic E-state index is 5.57. The van der Waals surface area contributed by atoms with Crippen LogP contribution >= 0.6 is 0 Å². The third-order valence-corrected chi connectivity index (χ3v) is 3.74. The number of guanidine groups is 1. The Morgan fingerprint density at radius 1 is 1.43 bits per heavy atom. The SMILES string of the molecule is CN=C(NCc1ccc(N2CCOC(C)C2)nc1)NCC(C)C. The summed E-state index contributed by atoms with van der Waals surface area (Å²) in [4.78, 5) is 11.1. The summed E-state index contributed by atoms with van der Waals surface area (Å²) in [5.74, 6) is 2.43. The third kappa shape index (κ3) is 5.71. The number of aliphatic imine (C=N–C) groups is 1. The zero-order valence-corrected chi connectivity index (χ0v) is 14.7. The second kappa shape index (κ2) is 8.72. The molecule has 128 valence electrons. The van der Waals surface area contributed by atoms with Gasteiger partial charge < -0.3 is 20.3 Å². The number of anilines is 1. The third-order valence-electron chi connectivity index (χ3n) is 3.74. The number of aromatic nitrogens is 1. The molecule has 0 amide bonds. The summed E-state index contributed by atoms with van der Waals surface area (Å²) in [5.41, 5.74) is 1.14. The summed E-state index contributed by atoms with van der Waals surface area (Å²) >= 11 is 0. The second-order valence-electron chi connectivity index (χ2n) is 6.35. The molecule has 0 spiro atoms. The molecule has 0 radical (unpaired) electrons. The molecule has 2 rings (SSSR count).